The Morgan fingerprint density at radius 1 is 1.35 bits per heavy atom. The molecule has 3 nitrogen and oxygen atoms in total. The van der Waals surface area contributed by atoms with Gasteiger partial charge in [0.1, 0.15) is 12.6 Å². The van der Waals surface area contributed by atoms with Gasteiger partial charge in [-0.25, -0.2) is 0 Å². The van der Waals surface area contributed by atoms with E-state index in [-0.39, 0.29) is 18.6 Å². The molecule has 20 heavy (non-hydrogen) atoms. The third kappa shape index (κ3) is 6.53. The fourth-order valence-electron chi connectivity index (χ4n) is 1.98. The predicted octanol–water partition coefficient (Wildman–Crippen LogP) is 3.11. The fraction of sp³-hybridized carbons (Fsp3) is 0.471. The van der Waals surface area contributed by atoms with Crippen LogP contribution in [-0.2, 0) is 16.0 Å². The van der Waals surface area contributed by atoms with Crippen LogP contribution in [0.5, 0.6) is 0 Å². The summed E-state index contributed by atoms with van der Waals surface area (Å²) in [5.74, 6) is -0.203. The Morgan fingerprint density at radius 3 is 2.75 bits per heavy atom. The lowest BCUT2D eigenvalue weighted by Gasteiger charge is -2.17. The molecule has 0 aromatic heterocycles. The van der Waals surface area contributed by atoms with Crippen LogP contribution in [0.3, 0.4) is 0 Å². The second-order valence-electron chi connectivity index (χ2n) is 4.82. The third-order valence-corrected chi connectivity index (χ3v) is 3.08. The van der Waals surface area contributed by atoms with E-state index in [1.54, 1.807) is 6.08 Å². The highest BCUT2D eigenvalue weighted by Gasteiger charge is 2.19. The lowest BCUT2D eigenvalue weighted by Crippen LogP contribution is -2.40. The highest BCUT2D eigenvalue weighted by molar-refractivity contribution is 5.76. The molecule has 0 bridgehead atoms. The number of hydrogen-bond donors (Lipinski definition) is 1. The molecule has 0 spiro atoms. The summed E-state index contributed by atoms with van der Waals surface area (Å²) < 4.78 is 5.16. The Morgan fingerprint density at radius 2 is 2.10 bits per heavy atom. The van der Waals surface area contributed by atoms with Gasteiger partial charge in [0.2, 0.25) is 0 Å². The van der Waals surface area contributed by atoms with E-state index in [4.69, 9.17) is 4.74 Å². The van der Waals surface area contributed by atoms with Gasteiger partial charge in [-0.1, -0.05) is 62.8 Å². The highest BCUT2D eigenvalue weighted by atomic mass is 16.5. The van der Waals surface area contributed by atoms with E-state index in [2.05, 4.69) is 18.8 Å². The molecular weight excluding hydrogens is 250 g/mol. The minimum absolute atomic E-state index is 0.203. The van der Waals surface area contributed by atoms with Crippen LogP contribution in [0.4, 0.5) is 0 Å². The molecule has 0 heterocycles. The first-order valence-electron chi connectivity index (χ1n) is 7.32. The van der Waals surface area contributed by atoms with Crippen molar-refractivity contribution in [3.63, 3.8) is 0 Å². The van der Waals surface area contributed by atoms with Crippen molar-refractivity contribution < 1.29 is 9.53 Å². The standard InChI is InChI=1S/C17H25NO2/c1-3-5-9-12-18-16(17(19)20-13-4-2)14-15-10-7-6-8-11-15/h4,6-8,10-11,16,18H,2-3,5,9,12-14H2,1H3/t16-/m0/s1. The molecule has 1 aromatic carbocycles. The maximum Gasteiger partial charge on any atom is 0.323 e. The smallest absolute Gasteiger partial charge is 0.323 e. The summed E-state index contributed by atoms with van der Waals surface area (Å²) in [4.78, 5) is 12.0. The van der Waals surface area contributed by atoms with Crippen molar-refractivity contribution in [1.82, 2.24) is 5.32 Å². The van der Waals surface area contributed by atoms with Gasteiger partial charge >= 0.3 is 5.97 Å². The molecule has 0 aliphatic carbocycles. The number of nitrogens with one attached hydrogen (secondary N) is 1. The van der Waals surface area contributed by atoms with Gasteiger partial charge in [-0.2, -0.15) is 0 Å². The van der Waals surface area contributed by atoms with E-state index in [1.165, 1.54) is 12.8 Å². The molecule has 0 saturated carbocycles. The molecule has 1 atom stereocenters. The Kier molecular flexibility index (Phi) is 8.40. The average Bonchev–Trinajstić information content (AvgIpc) is 2.49. The highest BCUT2D eigenvalue weighted by Crippen LogP contribution is 2.05. The zero-order valence-electron chi connectivity index (χ0n) is 12.3. The number of carbonyl (C=O) groups excluding carboxylic acids is 1. The second-order valence-corrected chi connectivity index (χ2v) is 4.82. The molecule has 3 heteroatoms. The molecule has 1 rings (SSSR count). The molecule has 0 saturated heterocycles. The molecule has 0 amide bonds. The Labute approximate surface area is 122 Å². The van der Waals surface area contributed by atoms with Crippen LogP contribution < -0.4 is 5.32 Å². The molecule has 0 unspecified atom stereocenters. The van der Waals surface area contributed by atoms with Gasteiger partial charge < -0.3 is 10.1 Å². The van der Waals surface area contributed by atoms with Gasteiger partial charge in [0.15, 0.2) is 0 Å². The summed E-state index contributed by atoms with van der Waals surface area (Å²) in [5.41, 5.74) is 1.14. The number of esters is 1. The zero-order chi connectivity index (χ0) is 14.6. The summed E-state index contributed by atoms with van der Waals surface area (Å²) in [5, 5.41) is 3.30. The number of rotatable bonds is 10. The van der Waals surface area contributed by atoms with E-state index in [0.717, 1.165) is 18.5 Å². The average molecular weight is 275 g/mol. The van der Waals surface area contributed by atoms with Gasteiger partial charge in [0.25, 0.3) is 0 Å². The summed E-state index contributed by atoms with van der Waals surface area (Å²) >= 11 is 0. The van der Waals surface area contributed by atoms with Crippen molar-refractivity contribution in [1.29, 1.82) is 0 Å². The van der Waals surface area contributed by atoms with Gasteiger partial charge in [-0.15, -0.1) is 0 Å². The number of hydrogen-bond acceptors (Lipinski definition) is 3. The monoisotopic (exact) mass is 275 g/mol. The molecule has 1 N–H and O–H groups in total. The van der Waals surface area contributed by atoms with E-state index in [1.807, 2.05) is 30.3 Å². The van der Waals surface area contributed by atoms with Crippen molar-refractivity contribution in [3.8, 4) is 0 Å². The third-order valence-electron chi connectivity index (χ3n) is 3.08. The van der Waals surface area contributed by atoms with Crippen molar-refractivity contribution in [2.75, 3.05) is 13.2 Å². The van der Waals surface area contributed by atoms with Crippen LogP contribution in [0.15, 0.2) is 43.0 Å². The van der Waals surface area contributed by atoms with Crippen LogP contribution in [-0.4, -0.2) is 25.2 Å². The first-order chi connectivity index (χ1) is 9.77. The van der Waals surface area contributed by atoms with Gasteiger partial charge in [-0.3, -0.25) is 4.79 Å². The van der Waals surface area contributed by atoms with Crippen molar-refractivity contribution >= 4 is 5.97 Å². The Hall–Kier alpha value is -1.61. The first kappa shape index (κ1) is 16.4. The normalized spacial score (nSPS) is 11.8. The van der Waals surface area contributed by atoms with E-state index in [0.29, 0.717) is 6.42 Å². The predicted molar refractivity (Wildman–Crippen MR) is 82.6 cm³/mol. The summed E-state index contributed by atoms with van der Waals surface area (Å²) in [6, 6.07) is 9.72. The largest absolute Gasteiger partial charge is 0.460 e. The first-order valence-corrected chi connectivity index (χ1v) is 7.32. The minimum atomic E-state index is -0.283. The van der Waals surface area contributed by atoms with Crippen LogP contribution in [0.1, 0.15) is 31.7 Å². The summed E-state index contributed by atoms with van der Waals surface area (Å²) in [6.07, 6.45) is 5.67. The number of ether oxygens (including phenoxy) is 1. The molecule has 1 aromatic rings. The Bertz CT molecular complexity index is 389. The summed E-state index contributed by atoms with van der Waals surface area (Å²) in [6.45, 7) is 6.84. The fourth-order valence-corrected chi connectivity index (χ4v) is 1.98. The van der Waals surface area contributed by atoms with Crippen molar-refractivity contribution in [2.45, 2.75) is 38.6 Å². The van der Waals surface area contributed by atoms with Crippen molar-refractivity contribution in [3.05, 3.63) is 48.6 Å². The molecule has 110 valence electrons. The maximum absolute atomic E-state index is 12.0. The molecule has 0 aliphatic rings. The molecule has 0 fully saturated rings. The van der Waals surface area contributed by atoms with E-state index in [9.17, 15) is 4.79 Å². The minimum Gasteiger partial charge on any atom is -0.460 e. The quantitative estimate of drug-likeness (QED) is 0.405. The van der Waals surface area contributed by atoms with Gasteiger partial charge in [0, 0.05) is 0 Å². The topological polar surface area (TPSA) is 38.3 Å². The van der Waals surface area contributed by atoms with Crippen LogP contribution in [0.2, 0.25) is 0 Å². The molecule has 0 radical (unpaired) electrons. The van der Waals surface area contributed by atoms with Crippen LogP contribution >= 0.6 is 0 Å². The lowest BCUT2D eigenvalue weighted by molar-refractivity contribution is -0.144. The Balaban J connectivity index is 2.53. The number of benzene rings is 1. The van der Waals surface area contributed by atoms with Gasteiger partial charge in [0.05, 0.1) is 0 Å². The van der Waals surface area contributed by atoms with Crippen LogP contribution in [0.25, 0.3) is 0 Å². The van der Waals surface area contributed by atoms with Gasteiger partial charge in [-0.05, 0) is 24.9 Å². The van der Waals surface area contributed by atoms with Crippen LogP contribution in [0, 0.1) is 0 Å². The van der Waals surface area contributed by atoms with E-state index >= 15 is 0 Å². The van der Waals surface area contributed by atoms with E-state index < -0.39 is 0 Å². The molecule has 0 aliphatic heterocycles. The number of unbranched alkanes of at least 4 members (excludes halogenated alkanes) is 2. The summed E-state index contributed by atoms with van der Waals surface area (Å²) in [7, 11) is 0. The number of carbonyl (C=O) groups is 1. The zero-order valence-corrected chi connectivity index (χ0v) is 12.3. The maximum atomic E-state index is 12.0. The van der Waals surface area contributed by atoms with Crippen molar-refractivity contribution in [2.24, 2.45) is 0 Å². The lowest BCUT2D eigenvalue weighted by atomic mass is 10.1. The molecular formula is C17H25NO2. The second kappa shape index (κ2) is 10.2. The SMILES string of the molecule is C=CCOC(=O)[C@H](Cc1ccccc1)NCCCCC.